The molecule has 0 aliphatic carbocycles. The van der Waals surface area contributed by atoms with E-state index in [0.717, 1.165) is 16.9 Å². The average molecular weight is 368 g/mol. The molecule has 0 unspecified atom stereocenters. The van der Waals surface area contributed by atoms with Crippen molar-refractivity contribution < 1.29 is 4.79 Å². The Morgan fingerprint density at radius 3 is 2.09 bits per heavy atom. The van der Waals surface area contributed by atoms with Crippen LogP contribution in [0, 0.1) is 0 Å². The molecule has 0 spiro atoms. The van der Waals surface area contributed by atoms with Gasteiger partial charge in [-0.25, -0.2) is 0 Å². The van der Waals surface area contributed by atoms with Gasteiger partial charge in [0.15, 0.2) is 0 Å². The predicted molar refractivity (Wildman–Crippen MR) is 99.3 cm³/mol. The van der Waals surface area contributed by atoms with E-state index in [2.05, 4.69) is 0 Å². The lowest BCUT2D eigenvalue weighted by Gasteiger charge is -2.23. The van der Waals surface area contributed by atoms with Gasteiger partial charge in [-0.15, -0.1) is 11.8 Å². The van der Waals surface area contributed by atoms with Crippen molar-refractivity contribution in [3.05, 3.63) is 64.1 Å². The topological polar surface area (TPSA) is 20.3 Å². The van der Waals surface area contributed by atoms with Crippen LogP contribution in [0.1, 0.15) is 18.9 Å². The van der Waals surface area contributed by atoms with Gasteiger partial charge in [0.2, 0.25) is 5.91 Å². The number of benzene rings is 2. The molecule has 0 fully saturated rings. The van der Waals surface area contributed by atoms with Crippen molar-refractivity contribution in [1.82, 2.24) is 4.90 Å². The second-order valence-corrected chi connectivity index (χ2v) is 7.44. The Kier molecular flexibility index (Phi) is 6.82. The van der Waals surface area contributed by atoms with E-state index < -0.39 is 0 Å². The molecule has 0 radical (unpaired) electrons. The van der Waals surface area contributed by atoms with E-state index in [1.807, 2.05) is 62.5 Å². The Hall–Kier alpha value is -1.16. The number of hydrogen-bond donors (Lipinski definition) is 0. The van der Waals surface area contributed by atoms with E-state index in [1.165, 1.54) is 0 Å². The van der Waals surface area contributed by atoms with Crippen molar-refractivity contribution in [2.24, 2.45) is 0 Å². The van der Waals surface area contributed by atoms with Crippen LogP contribution in [0.3, 0.4) is 0 Å². The van der Waals surface area contributed by atoms with Gasteiger partial charge < -0.3 is 4.90 Å². The minimum atomic E-state index is -0.103. The molecular formula is C18H19Cl2NOS. The minimum Gasteiger partial charge on any atom is -0.340 e. The van der Waals surface area contributed by atoms with E-state index in [9.17, 15) is 4.79 Å². The number of amides is 1. The van der Waals surface area contributed by atoms with E-state index in [4.69, 9.17) is 23.2 Å². The highest BCUT2D eigenvalue weighted by Crippen LogP contribution is 2.28. The first-order chi connectivity index (χ1) is 11.0. The predicted octanol–water partition coefficient (Wildman–Crippen LogP) is 5.52. The second-order valence-electron chi connectivity index (χ2n) is 5.29. The molecule has 2 aromatic rings. The number of thioether (sulfide) groups is 1. The third kappa shape index (κ3) is 5.45. The molecule has 1 amide bonds. The van der Waals surface area contributed by atoms with Crippen LogP contribution in [-0.2, 0) is 11.3 Å². The molecular weight excluding hydrogens is 349 g/mol. The van der Waals surface area contributed by atoms with Crippen molar-refractivity contribution in [2.45, 2.75) is 30.0 Å². The Labute approximate surface area is 151 Å². The summed E-state index contributed by atoms with van der Waals surface area (Å²) in [5.74, 6) is 0.127. The molecule has 0 aromatic heterocycles. The molecule has 2 nitrogen and oxygen atoms in total. The molecule has 2 rings (SSSR count). The molecule has 0 bridgehead atoms. The fourth-order valence-corrected chi connectivity index (χ4v) is 3.49. The van der Waals surface area contributed by atoms with Gasteiger partial charge in [0.1, 0.15) is 0 Å². The maximum Gasteiger partial charge on any atom is 0.236 e. The molecule has 0 heterocycles. The SMILES string of the molecule is CC[C@H](Sc1ccc(Cl)cc1)C(=O)N(C)Cc1ccc(Cl)cc1. The highest BCUT2D eigenvalue weighted by Gasteiger charge is 2.21. The van der Waals surface area contributed by atoms with E-state index >= 15 is 0 Å². The summed E-state index contributed by atoms with van der Waals surface area (Å²) in [5, 5.41) is 1.30. The van der Waals surface area contributed by atoms with Gasteiger partial charge in [0, 0.05) is 28.5 Å². The van der Waals surface area contributed by atoms with Gasteiger partial charge in [-0.1, -0.05) is 42.3 Å². The number of rotatable bonds is 6. The van der Waals surface area contributed by atoms with Gasteiger partial charge in [-0.05, 0) is 48.4 Å². The number of carbonyl (C=O) groups excluding carboxylic acids is 1. The molecule has 23 heavy (non-hydrogen) atoms. The highest BCUT2D eigenvalue weighted by atomic mass is 35.5. The summed E-state index contributed by atoms with van der Waals surface area (Å²) in [4.78, 5) is 15.5. The summed E-state index contributed by atoms with van der Waals surface area (Å²) in [6.07, 6.45) is 0.775. The fourth-order valence-electron chi connectivity index (χ4n) is 2.17. The summed E-state index contributed by atoms with van der Waals surface area (Å²) < 4.78 is 0. The van der Waals surface area contributed by atoms with E-state index in [-0.39, 0.29) is 11.2 Å². The van der Waals surface area contributed by atoms with Crippen molar-refractivity contribution in [3.8, 4) is 0 Å². The van der Waals surface area contributed by atoms with Gasteiger partial charge in [-0.3, -0.25) is 4.79 Å². The van der Waals surface area contributed by atoms with Crippen molar-refractivity contribution in [1.29, 1.82) is 0 Å². The van der Waals surface area contributed by atoms with Crippen LogP contribution in [0.4, 0.5) is 0 Å². The maximum atomic E-state index is 12.7. The minimum absolute atomic E-state index is 0.103. The van der Waals surface area contributed by atoms with Crippen LogP contribution in [0.15, 0.2) is 53.4 Å². The summed E-state index contributed by atoms with van der Waals surface area (Å²) in [7, 11) is 1.84. The monoisotopic (exact) mass is 367 g/mol. The summed E-state index contributed by atoms with van der Waals surface area (Å²) in [6.45, 7) is 2.61. The average Bonchev–Trinajstić information content (AvgIpc) is 2.55. The molecule has 0 saturated heterocycles. The standard InChI is InChI=1S/C18H19Cl2NOS/c1-3-17(23-16-10-8-15(20)9-11-16)18(22)21(2)12-13-4-6-14(19)7-5-13/h4-11,17H,3,12H2,1-2H3/t17-/m0/s1. The van der Waals surface area contributed by atoms with Crippen LogP contribution in [0.25, 0.3) is 0 Å². The van der Waals surface area contributed by atoms with Crippen molar-refractivity contribution >= 4 is 40.9 Å². The molecule has 122 valence electrons. The van der Waals surface area contributed by atoms with Gasteiger partial charge in [-0.2, -0.15) is 0 Å². The number of halogens is 2. The maximum absolute atomic E-state index is 12.7. The lowest BCUT2D eigenvalue weighted by Crippen LogP contribution is -2.34. The second kappa shape index (κ2) is 8.62. The molecule has 1 atom stereocenters. The molecule has 0 aliphatic heterocycles. The van der Waals surface area contributed by atoms with Crippen molar-refractivity contribution in [3.63, 3.8) is 0 Å². The molecule has 0 N–H and O–H groups in total. The largest absolute Gasteiger partial charge is 0.340 e. The molecule has 2 aromatic carbocycles. The number of carbonyl (C=O) groups is 1. The zero-order valence-electron chi connectivity index (χ0n) is 13.1. The van der Waals surface area contributed by atoms with Gasteiger partial charge in [0.05, 0.1) is 5.25 Å². The zero-order valence-corrected chi connectivity index (χ0v) is 15.5. The summed E-state index contributed by atoms with van der Waals surface area (Å²) in [5.41, 5.74) is 1.07. The van der Waals surface area contributed by atoms with Gasteiger partial charge in [0.25, 0.3) is 0 Å². The van der Waals surface area contributed by atoms with Crippen LogP contribution in [0.2, 0.25) is 10.0 Å². The molecule has 5 heteroatoms. The zero-order chi connectivity index (χ0) is 16.8. The van der Waals surface area contributed by atoms with E-state index in [1.54, 1.807) is 16.7 Å². The molecule has 0 aliphatic rings. The van der Waals surface area contributed by atoms with Crippen LogP contribution in [0.5, 0.6) is 0 Å². The Morgan fingerprint density at radius 2 is 1.57 bits per heavy atom. The quantitative estimate of drug-likeness (QED) is 0.626. The summed E-state index contributed by atoms with van der Waals surface area (Å²) >= 11 is 13.4. The lowest BCUT2D eigenvalue weighted by atomic mass is 10.2. The van der Waals surface area contributed by atoms with Crippen molar-refractivity contribution in [2.75, 3.05) is 7.05 Å². The number of hydrogen-bond acceptors (Lipinski definition) is 2. The highest BCUT2D eigenvalue weighted by molar-refractivity contribution is 8.00. The third-order valence-electron chi connectivity index (χ3n) is 3.45. The first kappa shape index (κ1) is 18.2. The first-order valence-electron chi connectivity index (χ1n) is 7.41. The third-order valence-corrected chi connectivity index (χ3v) is 5.32. The number of nitrogens with zero attached hydrogens (tertiary/aromatic N) is 1. The van der Waals surface area contributed by atoms with Crippen LogP contribution < -0.4 is 0 Å². The normalized spacial score (nSPS) is 12.0. The Morgan fingerprint density at radius 1 is 1.04 bits per heavy atom. The fraction of sp³-hybridized carbons (Fsp3) is 0.278. The lowest BCUT2D eigenvalue weighted by molar-refractivity contribution is -0.129. The first-order valence-corrected chi connectivity index (χ1v) is 9.04. The van der Waals surface area contributed by atoms with E-state index in [0.29, 0.717) is 16.6 Å². The van der Waals surface area contributed by atoms with Gasteiger partial charge >= 0.3 is 0 Å². The van der Waals surface area contributed by atoms with Crippen LogP contribution in [-0.4, -0.2) is 23.1 Å². The Bertz CT molecular complexity index is 643. The summed E-state index contributed by atoms with van der Waals surface area (Å²) in [6, 6.07) is 15.2. The smallest absolute Gasteiger partial charge is 0.236 e. The van der Waals surface area contributed by atoms with Crippen LogP contribution >= 0.6 is 35.0 Å². The Balaban J connectivity index is 2.00. The molecule has 0 saturated carbocycles.